The van der Waals surface area contributed by atoms with Crippen molar-refractivity contribution in [2.45, 2.75) is 335 Å². The average Bonchev–Trinajstić information content (AvgIpc) is 0.744. The maximum atomic E-state index is 14.4. The molecule has 59 heteroatoms. The van der Waals surface area contributed by atoms with Crippen LogP contribution in [0, 0.1) is 0 Å². The molecule has 8 aliphatic rings. The zero-order valence-corrected chi connectivity index (χ0v) is 70.2. The van der Waals surface area contributed by atoms with Crippen LogP contribution in [-0.4, -0.2) is 523 Å². The second kappa shape index (κ2) is 45.9. The number of hydrogen-bond donors (Lipinski definition) is 33. The lowest BCUT2D eigenvalue weighted by molar-refractivity contribution is -0.405. The highest BCUT2D eigenvalue weighted by atomic mass is 16.8. The van der Waals surface area contributed by atoms with Crippen LogP contribution >= 0.6 is 0 Å². The Labute approximate surface area is 738 Å². The van der Waals surface area contributed by atoms with Crippen molar-refractivity contribution in [2.75, 3.05) is 52.9 Å². The summed E-state index contributed by atoms with van der Waals surface area (Å²) in [7, 11) is 0. The minimum Gasteiger partial charge on any atom is -0.477 e. The number of rotatable bonds is 40. The summed E-state index contributed by atoms with van der Waals surface area (Å²) in [6.45, 7) is -6.32. The third-order valence-corrected chi connectivity index (χ3v) is 22.9. The molecule has 8 aliphatic heterocycles. The number of carboxylic acid groups (broad SMARTS) is 4. The molecule has 0 aliphatic carbocycles. The monoisotopic (exact) mass is 1910 g/mol. The minimum absolute atomic E-state index is 0.755. The largest absolute Gasteiger partial charge is 0.477 e. The summed E-state index contributed by atoms with van der Waals surface area (Å²) in [6, 6.07) is -10.5. The Morgan fingerprint density at radius 1 is 0.336 bits per heavy atom. The topological polar surface area (TPSA) is 945 Å². The van der Waals surface area contributed by atoms with Crippen molar-refractivity contribution in [3.05, 3.63) is 0 Å². The molecule has 8 heterocycles. The summed E-state index contributed by atoms with van der Waals surface area (Å²) in [4.78, 5) is 132. The Morgan fingerprint density at radius 2 is 0.649 bits per heavy atom. The van der Waals surface area contributed by atoms with Crippen LogP contribution in [0.4, 0.5) is 0 Å². The molecule has 33 N–H and O–H groups in total. The van der Waals surface area contributed by atoms with Gasteiger partial charge < -0.3 is 245 Å². The van der Waals surface area contributed by atoms with Crippen LogP contribution < -0.4 is 26.6 Å². The number of aliphatic carboxylic acids is 4. The zero-order chi connectivity index (χ0) is 98.2. The van der Waals surface area contributed by atoms with Gasteiger partial charge in [-0.2, -0.15) is 0 Å². The number of amides is 5. The lowest BCUT2D eigenvalue weighted by Gasteiger charge is -2.53. The summed E-state index contributed by atoms with van der Waals surface area (Å²) >= 11 is 0. The summed E-state index contributed by atoms with van der Waals surface area (Å²) in [6.07, 6.45) is -92.9. The van der Waals surface area contributed by atoms with Gasteiger partial charge in [0.05, 0.1) is 94.8 Å². The molecule has 8 fully saturated rings. The number of carbonyl (C=O) groups excluding carboxylic acids is 6. The second-order valence-electron chi connectivity index (χ2n) is 32.4. The van der Waals surface area contributed by atoms with E-state index >= 15 is 0 Å². The van der Waals surface area contributed by atoms with Gasteiger partial charge in [-0.1, -0.05) is 0 Å². The fourth-order valence-electron chi connectivity index (χ4n) is 16.5. The Bertz CT molecular complexity index is 3850. The van der Waals surface area contributed by atoms with E-state index in [0.717, 1.165) is 41.5 Å². The van der Waals surface area contributed by atoms with Gasteiger partial charge in [-0.3, -0.25) is 28.8 Å². The Balaban J connectivity index is 1.19. The maximum Gasteiger partial charge on any atom is 0.364 e. The number of aliphatic hydroxyl groups is 24. The van der Waals surface area contributed by atoms with E-state index < -0.39 is 406 Å². The SMILES string of the molecule is CC(=O)N[C@H]1[C@H](O[C@@H]2[C@H](O[C@]3(C(=O)O)C[C@H](O)[C@@H](NC(C)=O)[C@H]([C@H](O)[C@@H](CO)O[C@]4(C(=O)O)C[C@H](O)[C@@H](NC(C)=O)[C@H]([C@H](O)[C@H](O)CO)O4)O3)[C@@H](O)[C@H](O[C@H]3[C@H](O)[C@@H](O)[C@H](O)O[C@@H]3CO)O[C@@H]2CO)O[C@H](CO)[C@H](O)[C@@H]1O[C@@H]1O[C@H](CO)[C@H](O)[C@H](O[C@]2(C(=O)O)C[C@H](O)[C@@H](NC(C)=O)[C@H]([C@H](O)[C@@H](COC(C)=O)O[C@]3(C(=O)O)C[C@H](O)[C@@H](NC(C)=O)[C@H]([C@H](O)[C@H](O)CO)O3)O2)[C@H]1O. The predicted octanol–water partition coefficient (Wildman–Crippen LogP) is -20.3. The molecule has 44 atom stereocenters. The van der Waals surface area contributed by atoms with Gasteiger partial charge in [0, 0.05) is 67.2 Å². The molecule has 131 heavy (non-hydrogen) atoms. The molecule has 0 aromatic carbocycles. The van der Waals surface area contributed by atoms with Gasteiger partial charge in [0.25, 0.3) is 23.1 Å². The van der Waals surface area contributed by atoms with E-state index in [2.05, 4.69) is 26.6 Å². The molecule has 0 radical (unpaired) electrons. The van der Waals surface area contributed by atoms with Gasteiger partial charge in [-0.25, -0.2) is 19.2 Å². The normalized spacial score (nSPS) is 41.8. The molecular weight excluding hydrogens is 1800 g/mol. The summed E-state index contributed by atoms with van der Waals surface area (Å²) in [5.74, 6) is -30.6. The minimum atomic E-state index is -3.83. The molecule has 0 aromatic heterocycles. The fourth-order valence-corrected chi connectivity index (χ4v) is 16.5. The zero-order valence-electron chi connectivity index (χ0n) is 70.2. The molecule has 0 spiro atoms. The molecule has 0 unspecified atom stereocenters. The van der Waals surface area contributed by atoms with Crippen LogP contribution in [0.15, 0.2) is 0 Å². The summed E-state index contributed by atoms with van der Waals surface area (Å²) in [5, 5.41) is 327. The van der Waals surface area contributed by atoms with Gasteiger partial charge in [0.2, 0.25) is 29.5 Å². The lowest BCUT2D eigenvalue weighted by atomic mass is 9.87. The molecular formula is C72H115N5O54. The quantitative estimate of drug-likeness (QED) is 0.0253. The molecule has 0 bridgehead atoms. The van der Waals surface area contributed by atoms with Crippen LogP contribution in [0.3, 0.4) is 0 Å². The Morgan fingerprint density at radius 3 is 1.02 bits per heavy atom. The number of carbonyl (C=O) groups is 10. The first-order chi connectivity index (χ1) is 61.2. The molecule has 59 nitrogen and oxygen atoms in total. The first kappa shape index (κ1) is 109. The molecule has 0 saturated carbocycles. The highest BCUT2D eigenvalue weighted by molar-refractivity contribution is 5.79. The highest BCUT2D eigenvalue weighted by Gasteiger charge is 2.67. The van der Waals surface area contributed by atoms with Crippen LogP contribution in [0.2, 0.25) is 0 Å². The Hall–Kier alpha value is -6.86. The van der Waals surface area contributed by atoms with E-state index in [1.54, 1.807) is 0 Å². The lowest BCUT2D eigenvalue weighted by Crippen LogP contribution is -2.73. The maximum absolute atomic E-state index is 14.4. The number of esters is 1. The number of nitrogens with one attached hydrogen (secondary N) is 5. The van der Waals surface area contributed by atoms with Crippen molar-refractivity contribution in [2.24, 2.45) is 0 Å². The molecule has 8 saturated heterocycles. The van der Waals surface area contributed by atoms with Crippen molar-refractivity contribution in [1.82, 2.24) is 26.6 Å². The van der Waals surface area contributed by atoms with Crippen LogP contribution in [-0.2, 0) is 124 Å². The summed E-state index contributed by atoms with van der Waals surface area (Å²) in [5.41, 5.74) is 0. The average molecular weight is 1910 g/mol. The van der Waals surface area contributed by atoms with Crippen LogP contribution in [0.5, 0.6) is 0 Å². The van der Waals surface area contributed by atoms with Crippen LogP contribution in [0.1, 0.15) is 67.2 Å². The highest BCUT2D eigenvalue weighted by Crippen LogP contribution is 2.46. The third-order valence-electron chi connectivity index (χ3n) is 22.9. The van der Waals surface area contributed by atoms with Gasteiger partial charge in [0.1, 0.15) is 177 Å². The van der Waals surface area contributed by atoms with E-state index in [-0.39, 0.29) is 0 Å². The van der Waals surface area contributed by atoms with E-state index in [0.29, 0.717) is 0 Å². The van der Waals surface area contributed by atoms with E-state index in [1.165, 1.54) is 0 Å². The van der Waals surface area contributed by atoms with E-state index in [4.69, 9.17) is 75.8 Å². The van der Waals surface area contributed by atoms with Gasteiger partial charge in [-0.15, -0.1) is 0 Å². The molecule has 0 aromatic rings. The number of ether oxygens (including phenoxy) is 16. The number of hydrogen-bond acceptors (Lipinski definition) is 50. The number of aliphatic hydroxyl groups excluding tert-OH is 24. The standard InChI is InChI=1S/C72H115N5O54/c1-19(85)73-37-25(91)7-69(65(108)109,126-55(37)42(97)29(95)11-78)124-33(15-82)46(101)57-39(75-21(3)87)28(94)10-72(128-57,68(114)115)131-60-51(106)64(121-52-34(16-83)117-61(107)49(104)48(52)103)120-35(17-84)53(60)122-62-41(77-23(5)89)54(44(99)31(13-80)118-62)123-63-50(105)59(45(100)32(14-81)119-63)130-71(67(112)113)9-27(93)40(76-22(4)88)58(129-71)47(102)36(18-116-24(6)90)125-70(66(110)111)8-26(92)38(74-20(2)86)56(127-70)43(98)30(96)12-79/h25-64,78-84,91-107H,7-18H2,1-6H3,(H,73,85)(H,74,86)(H,75,87)(H,76,88)(H,77,89)(H,108,109)(H,110,111)(H,112,113)(H,114,115)/t25-,26-,27-,28-,29+,30+,31+,32+,33+,34+,35+,36+,37+,38+,39+,40+,41+,42+,43+,44-,45-,46+,47+,48+,49+,50+,51+,52+,53-,54+,55+,56+,57+,58+,59-,60+,61+,62-,63-,64-,69+,70+,71-,72-/m0/s1. The Kier molecular flexibility index (Phi) is 38.3. The first-order valence-corrected chi connectivity index (χ1v) is 40.5. The van der Waals surface area contributed by atoms with Gasteiger partial charge in [-0.05, 0) is 0 Å². The summed E-state index contributed by atoms with van der Waals surface area (Å²) < 4.78 is 93.1. The van der Waals surface area contributed by atoms with Gasteiger partial charge >= 0.3 is 29.8 Å². The molecule has 5 amide bonds. The van der Waals surface area contributed by atoms with E-state index in [1.807, 2.05) is 0 Å². The molecule has 752 valence electrons. The van der Waals surface area contributed by atoms with E-state index in [9.17, 15) is 191 Å². The van der Waals surface area contributed by atoms with Crippen molar-refractivity contribution in [3.8, 4) is 0 Å². The van der Waals surface area contributed by atoms with Crippen molar-refractivity contribution >= 4 is 59.4 Å². The first-order valence-electron chi connectivity index (χ1n) is 40.5. The molecule has 8 rings (SSSR count). The van der Waals surface area contributed by atoms with Crippen LogP contribution in [0.25, 0.3) is 0 Å². The number of carboxylic acids is 4. The van der Waals surface area contributed by atoms with Gasteiger partial charge in [0.15, 0.2) is 25.2 Å². The third kappa shape index (κ3) is 24.4. The van der Waals surface area contributed by atoms with Crippen molar-refractivity contribution in [3.63, 3.8) is 0 Å². The predicted molar refractivity (Wildman–Crippen MR) is 401 cm³/mol. The smallest absolute Gasteiger partial charge is 0.364 e. The van der Waals surface area contributed by atoms with Crippen molar-refractivity contribution in [1.29, 1.82) is 0 Å². The fraction of sp³-hybridized carbons (Fsp3) is 0.861. The second-order valence-corrected chi connectivity index (χ2v) is 32.4. The van der Waals surface area contributed by atoms with Crippen molar-refractivity contribution < 1.29 is 267 Å².